The molecule has 1 heterocycles. The van der Waals surface area contributed by atoms with Crippen molar-refractivity contribution in [3.05, 3.63) is 12.2 Å². The Morgan fingerprint density at radius 1 is 1.67 bits per heavy atom. The zero-order valence-corrected chi connectivity index (χ0v) is 10.8. The van der Waals surface area contributed by atoms with Gasteiger partial charge in [0, 0.05) is 0 Å². The van der Waals surface area contributed by atoms with Crippen LogP contribution in [0.25, 0.3) is 0 Å². The van der Waals surface area contributed by atoms with Crippen molar-refractivity contribution in [1.82, 2.24) is 0 Å². The topological polar surface area (TPSA) is 27.7 Å². The zero-order chi connectivity index (χ0) is 11.3. The highest BCUT2D eigenvalue weighted by Crippen LogP contribution is 2.22. The van der Waals surface area contributed by atoms with Crippen molar-refractivity contribution in [2.24, 2.45) is 0 Å². The Hall–Kier alpha value is -0.100. The first-order chi connectivity index (χ1) is 7.03. The van der Waals surface area contributed by atoms with Crippen molar-refractivity contribution in [2.75, 3.05) is 19.5 Å². The third-order valence-corrected chi connectivity index (χ3v) is 2.91. The highest BCUT2D eigenvalue weighted by atomic mass is 32.2. The molecule has 0 spiro atoms. The standard InChI is InChI=1S/C10H16O3S2/c1-10(2)12-7-8(13-10)5-4-6-11-9(14)15-3/h4-5,8H,6-7H2,1-3H3/b5-4+/t8-/m0/s1. The van der Waals surface area contributed by atoms with Gasteiger partial charge in [0.05, 0.1) is 6.61 Å². The van der Waals surface area contributed by atoms with Crippen molar-refractivity contribution < 1.29 is 14.2 Å². The van der Waals surface area contributed by atoms with Gasteiger partial charge >= 0.3 is 0 Å². The minimum atomic E-state index is -0.468. The lowest BCUT2D eigenvalue weighted by Crippen LogP contribution is -2.20. The molecule has 1 atom stereocenters. The molecule has 0 amide bonds. The number of hydrogen-bond acceptors (Lipinski definition) is 5. The van der Waals surface area contributed by atoms with E-state index in [1.807, 2.05) is 32.3 Å². The van der Waals surface area contributed by atoms with E-state index in [4.69, 9.17) is 26.4 Å². The maximum atomic E-state index is 5.58. The number of rotatable bonds is 3. The normalized spacial score (nSPS) is 24.6. The second-order valence-corrected chi connectivity index (χ2v) is 4.97. The third kappa shape index (κ3) is 4.97. The Balaban J connectivity index is 2.19. The van der Waals surface area contributed by atoms with Gasteiger partial charge in [0.2, 0.25) is 4.38 Å². The van der Waals surface area contributed by atoms with E-state index in [0.29, 0.717) is 17.6 Å². The number of thioether (sulfide) groups is 1. The molecule has 0 bridgehead atoms. The van der Waals surface area contributed by atoms with Crippen LogP contribution < -0.4 is 0 Å². The Bertz CT molecular complexity index is 251. The molecular formula is C10H16O3S2. The molecule has 3 nitrogen and oxygen atoms in total. The fourth-order valence-corrected chi connectivity index (χ4v) is 1.45. The summed E-state index contributed by atoms with van der Waals surface area (Å²) in [6.07, 6.45) is 5.75. The van der Waals surface area contributed by atoms with Crippen LogP contribution >= 0.6 is 24.0 Å². The van der Waals surface area contributed by atoms with Crippen LogP contribution in [0.2, 0.25) is 0 Å². The highest BCUT2D eigenvalue weighted by Gasteiger charge is 2.30. The van der Waals surface area contributed by atoms with E-state index >= 15 is 0 Å². The van der Waals surface area contributed by atoms with Gasteiger partial charge in [0.25, 0.3) is 0 Å². The fourth-order valence-electron chi connectivity index (χ4n) is 1.19. The minimum Gasteiger partial charge on any atom is -0.474 e. The lowest BCUT2D eigenvalue weighted by atomic mass is 10.3. The van der Waals surface area contributed by atoms with Crippen molar-refractivity contribution in [3.63, 3.8) is 0 Å². The monoisotopic (exact) mass is 248 g/mol. The molecular weight excluding hydrogens is 232 g/mol. The van der Waals surface area contributed by atoms with Crippen LogP contribution in [-0.4, -0.2) is 35.7 Å². The molecule has 1 aliphatic rings. The molecule has 0 aliphatic carbocycles. The first kappa shape index (κ1) is 13.0. The smallest absolute Gasteiger partial charge is 0.220 e. The van der Waals surface area contributed by atoms with Crippen LogP contribution in [0.5, 0.6) is 0 Å². The number of hydrogen-bond donors (Lipinski definition) is 0. The predicted molar refractivity (Wildman–Crippen MR) is 66.1 cm³/mol. The van der Waals surface area contributed by atoms with Gasteiger partial charge in [0.15, 0.2) is 5.79 Å². The second kappa shape index (κ2) is 5.84. The quantitative estimate of drug-likeness (QED) is 0.564. The second-order valence-electron chi connectivity index (χ2n) is 3.56. The Kier molecular flexibility index (Phi) is 5.05. The summed E-state index contributed by atoms with van der Waals surface area (Å²) in [5.41, 5.74) is 0. The molecule has 0 aromatic carbocycles. The third-order valence-electron chi connectivity index (χ3n) is 1.85. The van der Waals surface area contributed by atoms with Gasteiger partial charge in [-0.05, 0) is 38.4 Å². The lowest BCUT2D eigenvalue weighted by molar-refractivity contribution is -0.133. The molecule has 15 heavy (non-hydrogen) atoms. The van der Waals surface area contributed by atoms with Crippen LogP contribution in [0.3, 0.4) is 0 Å². The van der Waals surface area contributed by atoms with Gasteiger partial charge in [-0.2, -0.15) is 0 Å². The van der Waals surface area contributed by atoms with Crippen molar-refractivity contribution in [3.8, 4) is 0 Å². The van der Waals surface area contributed by atoms with Gasteiger partial charge in [-0.15, -0.1) is 0 Å². The molecule has 0 N–H and O–H groups in total. The molecule has 0 aromatic heterocycles. The van der Waals surface area contributed by atoms with E-state index in [1.54, 1.807) is 0 Å². The first-order valence-corrected chi connectivity index (χ1v) is 6.36. The summed E-state index contributed by atoms with van der Waals surface area (Å²) >= 11 is 6.32. The van der Waals surface area contributed by atoms with Gasteiger partial charge in [-0.3, -0.25) is 0 Å². The summed E-state index contributed by atoms with van der Waals surface area (Å²) in [6, 6.07) is 0. The van der Waals surface area contributed by atoms with Crippen LogP contribution in [0.4, 0.5) is 0 Å². The summed E-state index contributed by atoms with van der Waals surface area (Å²) < 4.78 is 16.8. The lowest BCUT2D eigenvalue weighted by Gasteiger charge is -2.15. The Labute approximate surface area is 100 Å². The van der Waals surface area contributed by atoms with E-state index in [-0.39, 0.29) is 6.10 Å². The van der Waals surface area contributed by atoms with Crippen molar-refractivity contribution in [1.29, 1.82) is 0 Å². The highest BCUT2D eigenvalue weighted by molar-refractivity contribution is 8.22. The average Bonchev–Trinajstić information content (AvgIpc) is 2.52. The van der Waals surface area contributed by atoms with Crippen molar-refractivity contribution >= 4 is 28.4 Å². The Morgan fingerprint density at radius 2 is 2.40 bits per heavy atom. The summed E-state index contributed by atoms with van der Waals surface area (Å²) in [5.74, 6) is -0.468. The summed E-state index contributed by atoms with van der Waals surface area (Å²) in [7, 11) is 0. The maximum absolute atomic E-state index is 5.58. The van der Waals surface area contributed by atoms with Gasteiger partial charge in [0.1, 0.15) is 12.7 Å². The average molecular weight is 248 g/mol. The Morgan fingerprint density at radius 3 is 2.93 bits per heavy atom. The molecule has 1 aliphatic heterocycles. The molecule has 5 heteroatoms. The number of ether oxygens (including phenoxy) is 3. The summed E-state index contributed by atoms with van der Waals surface area (Å²) in [5, 5.41) is 0. The van der Waals surface area contributed by atoms with Crippen LogP contribution in [0, 0.1) is 0 Å². The van der Waals surface area contributed by atoms with Crippen LogP contribution in [0.1, 0.15) is 13.8 Å². The molecule has 1 fully saturated rings. The minimum absolute atomic E-state index is 0.0199. The molecule has 0 unspecified atom stereocenters. The van der Waals surface area contributed by atoms with E-state index in [9.17, 15) is 0 Å². The van der Waals surface area contributed by atoms with Crippen molar-refractivity contribution in [2.45, 2.75) is 25.7 Å². The van der Waals surface area contributed by atoms with E-state index < -0.39 is 5.79 Å². The molecule has 1 saturated heterocycles. The molecule has 1 rings (SSSR count). The SMILES string of the molecule is CSC(=S)OC/C=C/[C@H]1COC(C)(C)O1. The summed E-state index contributed by atoms with van der Waals surface area (Å²) in [4.78, 5) is 0. The van der Waals surface area contributed by atoms with E-state index in [2.05, 4.69) is 0 Å². The van der Waals surface area contributed by atoms with Crippen LogP contribution in [0.15, 0.2) is 12.2 Å². The summed E-state index contributed by atoms with van der Waals surface area (Å²) in [6.45, 7) is 4.89. The van der Waals surface area contributed by atoms with Gasteiger partial charge in [-0.1, -0.05) is 17.8 Å². The maximum Gasteiger partial charge on any atom is 0.220 e. The number of thiocarbonyl (C=S) groups is 1. The van der Waals surface area contributed by atoms with Gasteiger partial charge < -0.3 is 14.2 Å². The van der Waals surface area contributed by atoms with E-state index in [1.165, 1.54) is 11.8 Å². The van der Waals surface area contributed by atoms with E-state index in [0.717, 1.165) is 0 Å². The fraction of sp³-hybridized carbons (Fsp3) is 0.700. The zero-order valence-electron chi connectivity index (χ0n) is 9.19. The molecule has 0 radical (unpaired) electrons. The predicted octanol–water partition coefficient (Wildman–Crippen LogP) is 2.36. The molecule has 0 aromatic rings. The first-order valence-electron chi connectivity index (χ1n) is 4.73. The van der Waals surface area contributed by atoms with Gasteiger partial charge in [-0.25, -0.2) is 0 Å². The molecule has 86 valence electrons. The van der Waals surface area contributed by atoms with Crippen LogP contribution in [-0.2, 0) is 14.2 Å². The molecule has 0 saturated carbocycles. The largest absolute Gasteiger partial charge is 0.474 e.